The number of aromatic nitrogens is 2. The number of nitrogens with zero attached hydrogens (tertiary/aromatic N) is 4. The second-order valence-corrected chi connectivity index (χ2v) is 6.75. The zero-order chi connectivity index (χ0) is 17.2. The van der Waals surface area contributed by atoms with Crippen molar-refractivity contribution in [3.63, 3.8) is 0 Å². The van der Waals surface area contributed by atoms with E-state index in [1.807, 2.05) is 23.1 Å². The van der Waals surface area contributed by atoms with E-state index < -0.39 is 0 Å². The molecule has 1 unspecified atom stereocenters. The number of hydrogen-bond acceptors (Lipinski definition) is 5. The Morgan fingerprint density at radius 1 is 1.20 bits per heavy atom. The molecule has 2 saturated heterocycles. The number of carbonyl (C=O) groups is 1. The highest BCUT2D eigenvalue weighted by Gasteiger charge is 2.31. The minimum Gasteiger partial charge on any atom is -0.339 e. The van der Waals surface area contributed by atoms with Crippen LogP contribution >= 0.6 is 0 Å². The molecule has 7 heteroatoms. The van der Waals surface area contributed by atoms with Crippen molar-refractivity contribution in [2.45, 2.75) is 19.0 Å². The molecule has 3 heterocycles. The Bertz CT molecular complexity index is 828. The molecule has 0 saturated carbocycles. The second-order valence-electron chi connectivity index (χ2n) is 6.75. The number of likely N-dealkylation sites (tertiary alicyclic amines) is 1. The third-order valence-electron chi connectivity index (χ3n) is 5.23. The first-order chi connectivity index (χ1) is 12.2. The van der Waals surface area contributed by atoms with Gasteiger partial charge >= 0.3 is 0 Å². The van der Waals surface area contributed by atoms with Crippen molar-refractivity contribution in [1.82, 2.24) is 24.9 Å². The van der Waals surface area contributed by atoms with Crippen molar-refractivity contribution in [2.75, 3.05) is 39.3 Å². The van der Waals surface area contributed by atoms with E-state index in [1.165, 1.54) is 6.20 Å². The second kappa shape index (κ2) is 6.93. The molecule has 1 amide bonds. The topological polar surface area (TPSA) is 70.5 Å². The van der Waals surface area contributed by atoms with E-state index in [9.17, 15) is 9.59 Å². The number of hydrogen-bond donors (Lipinski definition) is 1. The maximum absolute atomic E-state index is 12.7. The van der Waals surface area contributed by atoms with Crippen LogP contribution in [-0.4, -0.2) is 70.8 Å². The van der Waals surface area contributed by atoms with Gasteiger partial charge < -0.3 is 10.2 Å². The summed E-state index contributed by atoms with van der Waals surface area (Å²) in [4.78, 5) is 29.1. The molecule has 1 atom stereocenters. The maximum Gasteiger partial charge on any atom is 0.244 e. The van der Waals surface area contributed by atoms with E-state index >= 15 is 0 Å². The largest absolute Gasteiger partial charge is 0.339 e. The Hall–Kier alpha value is -2.25. The number of para-hydroxylation sites is 1. The van der Waals surface area contributed by atoms with Crippen molar-refractivity contribution < 1.29 is 4.79 Å². The zero-order valence-electron chi connectivity index (χ0n) is 14.2. The molecule has 0 radical (unpaired) electrons. The molecular weight excluding hydrogens is 318 g/mol. The van der Waals surface area contributed by atoms with Crippen molar-refractivity contribution in [2.24, 2.45) is 0 Å². The molecule has 2 aliphatic heterocycles. The molecule has 1 aromatic carbocycles. The first kappa shape index (κ1) is 16.2. The van der Waals surface area contributed by atoms with Gasteiger partial charge in [-0.1, -0.05) is 12.1 Å². The lowest BCUT2D eigenvalue weighted by atomic mass is 10.2. The molecule has 132 valence electrons. The Morgan fingerprint density at radius 3 is 2.84 bits per heavy atom. The van der Waals surface area contributed by atoms with E-state index in [4.69, 9.17) is 0 Å². The maximum atomic E-state index is 12.7. The van der Waals surface area contributed by atoms with Crippen LogP contribution < -0.4 is 10.7 Å². The fourth-order valence-electron chi connectivity index (χ4n) is 3.83. The molecule has 25 heavy (non-hydrogen) atoms. The predicted molar refractivity (Wildman–Crippen MR) is 95.4 cm³/mol. The third kappa shape index (κ3) is 3.29. The van der Waals surface area contributed by atoms with Gasteiger partial charge in [-0.05, 0) is 18.6 Å². The number of amides is 1. The van der Waals surface area contributed by atoms with Gasteiger partial charge in [0.25, 0.3) is 0 Å². The minimum atomic E-state index is -0.112. The van der Waals surface area contributed by atoms with Gasteiger partial charge in [-0.15, -0.1) is 0 Å². The highest BCUT2D eigenvalue weighted by molar-refractivity contribution is 5.81. The highest BCUT2D eigenvalue weighted by atomic mass is 16.2. The van der Waals surface area contributed by atoms with Crippen molar-refractivity contribution >= 4 is 16.8 Å². The van der Waals surface area contributed by atoms with Gasteiger partial charge in [-0.2, -0.15) is 5.10 Å². The SMILES string of the molecule is O=C(Cn1ncc(=O)c2ccccc21)N1CCC(N2CCNCC2)C1. The third-order valence-corrected chi connectivity index (χ3v) is 5.23. The van der Waals surface area contributed by atoms with Gasteiger partial charge in [0.05, 0.1) is 11.7 Å². The summed E-state index contributed by atoms with van der Waals surface area (Å²) in [6.45, 7) is 5.92. The lowest BCUT2D eigenvalue weighted by Gasteiger charge is -2.32. The molecule has 1 N–H and O–H groups in total. The Morgan fingerprint density at radius 2 is 2.00 bits per heavy atom. The van der Waals surface area contributed by atoms with Crippen LogP contribution in [0.3, 0.4) is 0 Å². The quantitative estimate of drug-likeness (QED) is 0.844. The number of rotatable bonds is 3. The zero-order valence-corrected chi connectivity index (χ0v) is 14.2. The van der Waals surface area contributed by atoms with Gasteiger partial charge in [-0.25, -0.2) is 0 Å². The van der Waals surface area contributed by atoms with Crippen LogP contribution in [0.2, 0.25) is 0 Å². The standard InChI is InChI=1S/C18H23N5O2/c24-17-11-20-23(16-4-2-1-3-15(16)17)13-18(25)22-8-5-14(12-22)21-9-6-19-7-10-21/h1-4,11,14,19H,5-10,12-13H2. The predicted octanol–water partition coefficient (Wildman–Crippen LogP) is -0.0974. The number of carbonyl (C=O) groups excluding carboxylic acids is 1. The van der Waals surface area contributed by atoms with E-state index in [-0.39, 0.29) is 17.9 Å². The van der Waals surface area contributed by atoms with Crippen molar-refractivity contribution in [3.05, 3.63) is 40.7 Å². The van der Waals surface area contributed by atoms with E-state index in [0.29, 0.717) is 16.9 Å². The number of piperazine rings is 1. The van der Waals surface area contributed by atoms with Crippen LogP contribution in [0, 0.1) is 0 Å². The van der Waals surface area contributed by atoms with Crippen LogP contribution in [0.15, 0.2) is 35.3 Å². The Labute approximate surface area is 146 Å². The van der Waals surface area contributed by atoms with E-state index in [1.54, 1.807) is 10.7 Å². The molecule has 0 bridgehead atoms. The molecule has 1 aromatic heterocycles. The summed E-state index contributed by atoms with van der Waals surface area (Å²) in [7, 11) is 0. The molecule has 0 spiro atoms. The first-order valence-electron chi connectivity index (χ1n) is 8.90. The Kier molecular flexibility index (Phi) is 4.50. The highest BCUT2D eigenvalue weighted by Crippen LogP contribution is 2.17. The average molecular weight is 341 g/mol. The Balaban J connectivity index is 1.46. The van der Waals surface area contributed by atoms with E-state index in [2.05, 4.69) is 15.3 Å². The molecular formula is C18H23N5O2. The van der Waals surface area contributed by atoms with Gasteiger partial charge in [0.2, 0.25) is 11.3 Å². The van der Waals surface area contributed by atoms with Crippen LogP contribution in [0.5, 0.6) is 0 Å². The summed E-state index contributed by atoms with van der Waals surface area (Å²) >= 11 is 0. The molecule has 2 aromatic rings. The number of nitrogens with one attached hydrogen (secondary N) is 1. The van der Waals surface area contributed by atoms with Crippen LogP contribution in [0.4, 0.5) is 0 Å². The summed E-state index contributed by atoms with van der Waals surface area (Å²) < 4.78 is 1.64. The number of benzene rings is 1. The fourth-order valence-corrected chi connectivity index (χ4v) is 3.83. The van der Waals surface area contributed by atoms with Crippen molar-refractivity contribution in [3.8, 4) is 0 Å². The summed E-state index contributed by atoms with van der Waals surface area (Å²) in [5.74, 6) is 0.0685. The summed E-state index contributed by atoms with van der Waals surface area (Å²) in [6.07, 6.45) is 2.33. The summed E-state index contributed by atoms with van der Waals surface area (Å²) in [6, 6.07) is 7.76. The lowest BCUT2D eigenvalue weighted by Crippen LogP contribution is -2.49. The van der Waals surface area contributed by atoms with Crippen LogP contribution in [0.1, 0.15) is 6.42 Å². The van der Waals surface area contributed by atoms with Gasteiger partial charge in [-0.3, -0.25) is 19.2 Å². The first-order valence-corrected chi connectivity index (χ1v) is 8.90. The van der Waals surface area contributed by atoms with Gasteiger partial charge in [0.15, 0.2) is 0 Å². The number of fused-ring (bicyclic) bond motifs is 1. The molecule has 2 aliphatic rings. The van der Waals surface area contributed by atoms with Gasteiger partial charge in [0.1, 0.15) is 6.54 Å². The normalized spacial score (nSPS) is 21.8. The lowest BCUT2D eigenvalue weighted by molar-refractivity contribution is -0.131. The fraction of sp³-hybridized carbons (Fsp3) is 0.500. The smallest absolute Gasteiger partial charge is 0.244 e. The van der Waals surface area contributed by atoms with Crippen LogP contribution in [0.25, 0.3) is 10.9 Å². The average Bonchev–Trinajstić information content (AvgIpc) is 3.15. The summed E-state index contributed by atoms with van der Waals surface area (Å²) in [5, 5.41) is 8.13. The monoisotopic (exact) mass is 341 g/mol. The molecule has 4 rings (SSSR count). The summed E-state index contributed by atoms with van der Waals surface area (Å²) in [5.41, 5.74) is 0.598. The van der Waals surface area contributed by atoms with Gasteiger partial charge in [0, 0.05) is 50.7 Å². The minimum absolute atomic E-state index is 0.0685. The van der Waals surface area contributed by atoms with Crippen molar-refractivity contribution in [1.29, 1.82) is 0 Å². The molecule has 7 nitrogen and oxygen atoms in total. The molecule has 2 fully saturated rings. The van der Waals surface area contributed by atoms with Crippen LogP contribution in [-0.2, 0) is 11.3 Å². The molecule has 0 aliphatic carbocycles. The van der Waals surface area contributed by atoms with E-state index in [0.717, 1.165) is 45.7 Å².